The highest BCUT2D eigenvalue weighted by atomic mass is 15.1. The molecule has 18 aromatic carbocycles. The van der Waals surface area contributed by atoms with E-state index in [4.69, 9.17) is 24.9 Å². The number of para-hydroxylation sites is 4. The normalized spacial score (nSPS) is 11.8. The molecule has 0 saturated heterocycles. The minimum absolute atomic E-state index is 0.630. The minimum atomic E-state index is 0.630. The molecule has 0 aliphatic rings. The molecule has 0 spiro atoms. The van der Waals surface area contributed by atoms with Gasteiger partial charge in [0, 0.05) is 99.2 Å². The lowest BCUT2D eigenvalue weighted by atomic mass is 9.99. The Morgan fingerprint density at radius 1 is 0.164 bits per heavy atom. The summed E-state index contributed by atoms with van der Waals surface area (Å²) in [4.78, 5) is 25.8. The number of benzene rings is 18. The van der Waals surface area contributed by atoms with Gasteiger partial charge in [-0.25, -0.2) is 24.9 Å². The average Bonchev–Trinajstić information content (AvgIpc) is 1.55. The quantitative estimate of drug-likeness (QED) is 0.136. The van der Waals surface area contributed by atoms with Gasteiger partial charge in [0.2, 0.25) is 0 Å². The molecule has 6 heterocycles. The predicted octanol–water partition coefficient (Wildman–Crippen LogP) is 27.4. The molecule has 24 rings (SSSR count). The van der Waals surface area contributed by atoms with Gasteiger partial charge in [-0.15, -0.1) is 0 Å². The van der Waals surface area contributed by atoms with E-state index in [0.717, 1.165) is 111 Å². The molecule has 116 heavy (non-hydrogen) atoms. The van der Waals surface area contributed by atoms with Crippen molar-refractivity contribution in [1.82, 2.24) is 43.2 Å². The van der Waals surface area contributed by atoms with Crippen molar-refractivity contribution >= 4 is 130 Å². The van der Waals surface area contributed by atoms with Gasteiger partial charge in [-0.05, 0) is 134 Å². The van der Waals surface area contributed by atoms with E-state index in [1.54, 1.807) is 0 Å². The van der Waals surface area contributed by atoms with E-state index in [2.05, 4.69) is 364 Å². The van der Waals surface area contributed by atoms with E-state index >= 15 is 0 Å². The van der Waals surface area contributed by atoms with Crippen molar-refractivity contribution in [3.8, 4) is 90.8 Å². The summed E-state index contributed by atoms with van der Waals surface area (Å²) >= 11 is 0. The van der Waals surface area contributed by atoms with Gasteiger partial charge >= 0.3 is 0 Å². The second-order valence-corrected chi connectivity index (χ2v) is 29.8. The third kappa shape index (κ3) is 10.9. The van der Waals surface area contributed by atoms with Crippen molar-refractivity contribution in [2.24, 2.45) is 0 Å². The van der Waals surface area contributed by atoms with Crippen LogP contribution in [-0.4, -0.2) is 43.2 Å². The number of hydrogen-bond acceptors (Lipinski definition) is 5. The van der Waals surface area contributed by atoms with Gasteiger partial charge in [0.05, 0.1) is 55.5 Å². The van der Waals surface area contributed by atoms with Gasteiger partial charge in [0.1, 0.15) is 0 Å². The van der Waals surface area contributed by atoms with Crippen LogP contribution in [0.5, 0.6) is 0 Å². The first-order valence-corrected chi connectivity index (χ1v) is 39.4. The Morgan fingerprint density at radius 3 is 0.948 bits per heavy atom. The van der Waals surface area contributed by atoms with Gasteiger partial charge in [-0.1, -0.05) is 315 Å². The standard InChI is InChI=1S/C54H34N4.C53H33N5/c1-3-16-36(17-4-1)47-34-48(56-54(55-47)37-18-5-2-6-19-37)46-33-41(32-39-21-9-10-22-42(39)46)57-50-26-14-12-24-45(50)52-51(57)30-29-44-43-23-11-13-25-49(43)58(53(44)52)40-28-27-35-15-7-8-20-38(35)31-40;1-3-16-35(17-4-1)51-54-52(36-18-5-2-6-19-36)56-53(55-51)45-33-40(32-38-21-9-10-22-41(38)45)57-47-26-14-12-24-44(47)49-48(57)30-29-43-42-23-11-13-25-46(42)58(50(43)49)39-28-27-34-15-7-8-20-37(34)31-39/h1-34H;1-33H. The van der Waals surface area contributed by atoms with E-state index in [1.807, 2.05) is 60.7 Å². The summed E-state index contributed by atoms with van der Waals surface area (Å²) in [5.41, 5.74) is 21.4. The lowest BCUT2D eigenvalue weighted by Gasteiger charge is -2.15. The van der Waals surface area contributed by atoms with Crippen molar-refractivity contribution in [3.63, 3.8) is 0 Å². The fourth-order valence-corrected chi connectivity index (χ4v) is 18.0. The molecule has 0 atom stereocenters. The van der Waals surface area contributed by atoms with Crippen LogP contribution in [0.25, 0.3) is 221 Å². The van der Waals surface area contributed by atoms with E-state index < -0.39 is 0 Å². The van der Waals surface area contributed by atoms with Gasteiger partial charge < -0.3 is 18.3 Å². The summed E-state index contributed by atoms with van der Waals surface area (Å²) in [5.74, 6) is 2.61. The maximum absolute atomic E-state index is 5.30. The van der Waals surface area contributed by atoms with Crippen molar-refractivity contribution in [1.29, 1.82) is 0 Å². The van der Waals surface area contributed by atoms with E-state index in [1.165, 1.54) is 86.7 Å². The first kappa shape index (κ1) is 66.1. The summed E-state index contributed by atoms with van der Waals surface area (Å²) in [6.07, 6.45) is 0. The van der Waals surface area contributed by atoms with Gasteiger partial charge in [-0.2, -0.15) is 0 Å². The Kier molecular flexibility index (Phi) is 15.4. The first-order valence-electron chi connectivity index (χ1n) is 39.4. The minimum Gasteiger partial charge on any atom is -0.309 e. The molecule has 0 N–H and O–H groups in total. The molecule has 540 valence electrons. The first-order chi connectivity index (χ1) is 57.5. The smallest absolute Gasteiger partial charge is 0.164 e. The second-order valence-electron chi connectivity index (χ2n) is 29.8. The van der Waals surface area contributed by atoms with Crippen LogP contribution in [0.15, 0.2) is 406 Å². The molecule has 0 bridgehead atoms. The van der Waals surface area contributed by atoms with E-state index in [9.17, 15) is 0 Å². The number of fused-ring (bicyclic) bond motifs is 18. The fourth-order valence-electron chi connectivity index (χ4n) is 18.0. The molecule has 0 unspecified atom stereocenters. The number of rotatable bonds is 10. The zero-order valence-electron chi connectivity index (χ0n) is 62.7. The maximum atomic E-state index is 5.30. The highest BCUT2D eigenvalue weighted by molar-refractivity contribution is 6.28. The summed E-state index contributed by atoms with van der Waals surface area (Å²) < 4.78 is 9.79. The fraction of sp³-hybridized carbons (Fsp3) is 0. The third-order valence-electron chi connectivity index (χ3n) is 23.2. The summed E-state index contributed by atoms with van der Waals surface area (Å²) in [5, 5.41) is 19.2. The summed E-state index contributed by atoms with van der Waals surface area (Å²) in [7, 11) is 0. The highest BCUT2D eigenvalue weighted by Gasteiger charge is 2.26. The average molecular weight is 1480 g/mol. The molecule has 6 aromatic heterocycles. The maximum Gasteiger partial charge on any atom is 0.164 e. The zero-order valence-corrected chi connectivity index (χ0v) is 62.7. The van der Waals surface area contributed by atoms with Crippen LogP contribution >= 0.6 is 0 Å². The Balaban J connectivity index is 0.000000137. The molecule has 0 aliphatic heterocycles. The molecule has 0 radical (unpaired) electrons. The Labute approximate surface area is 666 Å². The highest BCUT2D eigenvalue weighted by Crippen LogP contribution is 2.47. The molecular formula is C107H67N9. The zero-order chi connectivity index (χ0) is 76.3. The van der Waals surface area contributed by atoms with Crippen LogP contribution in [0.3, 0.4) is 0 Å². The monoisotopic (exact) mass is 1480 g/mol. The van der Waals surface area contributed by atoms with E-state index in [0.29, 0.717) is 23.3 Å². The van der Waals surface area contributed by atoms with Crippen LogP contribution in [0.2, 0.25) is 0 Å². The van der Waals surface area contributed by atoms with E-state index in [-0.39, 0.29) is 0 Å². The summed E-state index contributed by atoms with van der Waals surface area (Å²) in [6.45, 7) is 0. The molecule has 24 aromatic rings. The lowest BCUT2D eigenvalue weighted by molar-refractivity contribution is 1.07. The second kappa shape index (κ2) is 27.1. The molecule has 9 nitrogen and oxygen atoms in total. The SMILES string of the molecule is c1ccc(-c2cc(-c3cc(-n4c5ccccc5c5c4ccc4c6ccccc6n(-c6ccc7ccccc7c6)c45)cc4ccccc34)nc(-c3ccccc3)n2)cc1.c1ccc(-c2nc(-c3ccccc3)nc(-c3cc(-n4c5ccccc5c5c4ccc4c6ccccc6n(-c6ccc7ccccc7c6)c45)cc4ccccc34)n2)cc1. The molecule has 0 aliphatic carbocycles. The van der Waals surface area contributed by atoms with Crippen LogP contribution in [-0.2, 0) is 0 Å². The third-order valence-corrected chi connectivity index (χ3v) is 23.2. The van der Waals surface area contributed by atoms with Crippen LogP contribution in [0.1, 0.15) is 0 Å². The number of aromatic nitrogens is 9. The topological polar surface area (TPSA) is 84.2 Å². The van der Waals surface area contributed by atoms with Gasteiger partial charge in [0.25, 0.3) is 0 Å². The Morgan fingerprint density at radius 2 is 0.491 bits per heavy atom. The predicted molar refractivity (Wildman–Crippen MR) is 482 cm³/mol. The van der Waals surface area contributed by atoms with Crippen LogP contribution in [0, 0.1) is 0 Å². The Hall–Kier alpha value is -15.7. The molecule has 0 fully saturated rings. The number of hydrogen-bond donors (Lipinski definition) is 0. The van der Waals surface area contributed by atoms with Gasteiger partial charge in [0.15, 0.2) is 23.3 Å². The largest absolute Gasteiger partial charge is 0.309 e. The summed E-state index contributed by atoms with van der Waals surface area (Å²) in [6, 6.07) is 145. The molecule has 0 amide bonds. The van der Waals surface area contributed by atoms with Crippen LogP contribution in [0.4, 0.5) is 0 Å². The molecule has 9 heteroatoms. The van der Waals surface area contributed by atoms with Gasteiger partial charge in [-0.3, -0.25) is 0 Å². The van der Waals surface area contributed by atoms with Crippen LogP contribution < -0.4 is 0 Å². The van der Waals surface area contributed by atoms with Crippen molar-refractivity contribution in [3.05, 3.63) is 406 Å². The number of nitrogens with zero attached hydrogens (tertiary/aromatic N) is 9. The van der Waals surface area contributed by atoms with Crippen molar-refractivity contribution < 1.29 is 0 Å². The van der Waals surface area contributed by atoms with Crippen molar-refractivity contribution in [2.45, 2.75) is 0 Å². The molecular weight excluding hydrogens is 1410 g/mol. The van der Waals surface area contributed by atoms with Crippen molar-refractivity contribution in [2.75, 3.05) is 0 Å². The molecule has 0 saturated carbocycles. The lowest BCUT2D eigenvalue weighted by Crippen LogP contribution is -2.02. The Bertz CT molecular complexity index is 7490.